The van der Waals surface area contributed by atoms with Gasteiger partial charge in [-0.1, -0.05) is 11.6 Å². The average Bonchev–Trinajstić information content (AvgIpc) is 2.74. The second kappa shape index (κ2) is 5.28. The number of hydrogen-bond acceptors (Lipinski definition) is 5. The normalized spacial score (nSPS) is 22.9. The van der Waals surface area contributed by atoms with Gasteiger partial charge in [0, 0.05) is 18.7 Å². The first-order valence-corrected chi connectivity index (χ1v) is 7.65. The predicted octanol–water partition coefficient (Wildman–Crippen LogP) is 1.71. The molecule has 0 radical (unpaired) electrons. The summed E-state index contributed by atoms with van der Waals surface area (Å²) in [5.41, 5.74) is -1.06. The van der Waals surface area contributed by atoms with Gasteiger partial charge >= 0.3 is 0 Å². The second-order valence-corrected chi connectivity index (χ2v) is 6.90. The highest BCUT2D eigenvalue weighted by Gasteiger charge is 2.35. The minimum atomic E-state index is -3.96. The zero-order valence-electron chi connectivity index (χ0n) is 10.6. The van der Waals surface area contributed by atoms with E-state index < -0.39 is 20.5 Å². The van der Waals surface area contributed by atoms with Gasteiger partial charge in [0.15, 0.2) is 0 Å². The molecule has 110 valence electrons. The Morgan fingerprint density at radius 2 is 2.20 bits per heavy atom. The molecular formula is C11H13ClN2O5S. The van der Waals surface area contributed by atoms with Crippen LogP contribution >= 0.6 is 11.6 Å². The molecule has 0 bridgehead atoms. The number of halogens is 1. The second-order valence-electron chi connectivity index (χ2n) is 4.84. The summed E-state index contributed by atoms with van der Waals surface area (Å²) in [6.07, 6.45) is 0.527. The van der Waals surface area contributed by atoms with Crippen LogP contribution < -0.4 is 4.72 Å². The fourth-order valence-corrected chi connectivity index (χ4v) is 3.88. The summed E-state index contributed by atoms with van der Waals surface area (Å²) in [4.78, 5) is 9.75. The van der Waals surface area contributed by atoms with E-state index in [0.29, 0.717) is 13.0 Å². The van der Waals surface area contributed by atoms with Crippen molar-refractivity contribution < 1.29 is 18.1 Å². The van der Waals surface area contributed by atoms with Crippen molar-refractivity contribution in [3.05, 3.63) is 33.3 Å². The third kappa shape index (κ3) is 3.09. The maximum Gasteiger partial charge on any atom is 0.270 e. The quantitative estimate of drug-likeness (QED) is 0.672. The van der Waals surface area contributed by atoms with Crippen LogP contribution in [0.3, 0.4) is 0 Å². The number of nitrogens with one attached hydrogen (secondary N) is 1. The molecule has 1 fully saturated rings. The largest absolute Gasteiger partial charge is 0.379 e. The van der Waals surface area contributed by atoms with E-state index in [0.717, 1.165) is 12.1 Å². The van der Waals surface area contributed by atoms with Crippen LogP contribution in [0.4, 0.5) is 5.69 Å². The van der Waals surface area contributed by atoms with E-state index in [1.807, 2.05) is 0 Å². The molecule has 1 aliphatic heterocycles. The highest BCUT2D eigenvalue weighted by Crippen LogP contribution is 2.28. The Labute approximate surface area is 121 Å². The molecule has 1 saturated heterocycles. The number of non-ortho nitro benzene ring substituents is 1. The third-order valence-corrected chi connectivity index (χ3v) is 5.13. The van der Waals surface area contributed by atoms with Gasteiger partial charge < -0.3 is 4.74 Å². The molecule has 0 aromatic heterocycles. The summed E-state index contributed by atoms with van der Waals surface area (Å²) >= 11 is 5.84. The Morgan fingerprint density at radius 3 is 2.75 bits per heavy atom. The van der Waals surface area contributed by atoms with Crippen molar-refractivity contribution in [2.24, 2.45) is 0 Å². The SMILES string of the molecule is CC1(NS(=O)(=O)c2cc([N+](=O)[O-])ccc2Cl)CCOC1. The molecule has 1 unspecified atom stereocenters. The molecule has 0 amide bonds. The molecule has 0 aliphatic carbocycles. The Bertz CT molecular complexity index is 640. The van der Waals surface area contributed by atoms with Crippen LogP contribution in [-0.4, -0.2) is 32.1 Å². The van der Waals surface area contributed by atoms with Crippen LogP contribution in [0.1, 0.15) is 13.3 Å². The van der Waals surface area contributed by atoms with Gasteiger partial charge in [0.25, 0.3) is 5.69 Å². The van der Waals surface area contributed by atoms with E-state index in [4.69, 9.17) is 16.3 Å². The van der Waals surface area contributed by atoms with Gasteiger partial charge in [0.2, 0.25) is 10.0 Å². The Balaban J connectivity index is 2.38. The predicted molar refractivity (Wildman–Crippen MR) is 72.3 cm³/mol. The molecule has 1 N–H and O–H groups in total. The molecule has 1 aliphatic rings. The van der Waals surface area contributed by atoms with Crippen molar-refractivity contribution in [1.82, 2.24) is 4.72 Å². The van der Waals surface area contributed by atoms with Crippen molar-refractivity contribution in [2.75, 3.05) is 13.2 Å². The zero-order valence-corrected chi connectivity index (χ0v) is 12.2. The Morgan fingerprint density at radius 1 is 1.50 bits per heavy atom. The number of benzene rings is 1. The van der Waals surface area contributed by atoms with E-state index >= 15 is 0 Å². The molecule has 1 aromatic carbocycles. The first-order chi connectivity index (χ1) is 9.23. The highest BCUT2D eigenvalue weighted by atomic mass is 35.5. The third-order valence-electron chi connectivity index (χ3n) is 3.01. The molecule has 1 aromatic rings. The van der Waals surface area contributed by atoms with Gasteiger partial charge in [0.1, 0.15) is 4.90 Å². The summed E-state index contributed by atoms with van der Waals surface area (Å²) in [7, 11) is -3.96. The standard InChI is InChI=1S/C11H13ClN2O5S/c1-11(4-5-19-7-11)13-20(17,18)10-6-8(14(15)16)2-3-9(10)12/h2-3,6,13H,4-5,7H2,1H3. The highest BCUT2D eigenvalue weighted by molar-refractivity contribution is 7.89. The number of nitro benzene ring substituents is 1. The lowest BCUT2D eigenvalue weighted by molar-refractivity contribution is -0.385. The first kappa shape index (κ1) is 15.2. The van der Waals surface area contributed by atoms with Gasteiger partial charge in [0.05, 0.1) is 22.1 Å². The molecule has 1 atom stereocenters. The lowest BCUT2D eigenvalue weighted by Crippen LogP contribution is -2.46. The Hall–Kier alpha value is -1.22. The number of nitrogens with zero attached hydrogens (tertiary/aromatic N) is 1. The fraction of sp³-hybridized carbons (Fsp3) is 0.455. The summed E-state index contributed by atoms with van der Waals surface area (Å²) in [6, 6.07) is 3.30. The van der Waals surface area contributed by atoms with Crippen LogP contribution in [0.15, 0.2) is 23.1 Å². The van der Waals surface area contributed by atoms with Crippen LogP contribution in [0.25, 0.3) is 0 Å². The van der Waals surface area contributed by atoms with Crippen LogP contribution in [-0.2, 0) is 14.8 Å². The van der Waals surface area contributed by atoms with E-state index in [2.05, 4.69) is 4.72 Å². The molecule has 2 rings (SSSR count). The van der Waals surface area contributed by atoms with Crippen LogP contribution in [0.2, 0.25) is 5.02 Å². The van der Waals surface area contributed by atoms with Crippen molar-refractivity contribution in [2.45, 2.75) is 23.8 Å². The van der Waals surface area contributed by atoms with Gasteiger partial charge in [-0.3, -0.25) is 10.1 Å². The topological polar surface area (TPSA) is 98.5 Å². The van der Waals surface area contributed by atoms with Gasteiger partial charge in [-0.25, -0.2) is 13.1 Å². The molecule has 7 nitrogen and oxygen atoms in total. The van der Waals surface area contributed by atoms with Crippen molar-refractivity contribution in [1.29, 1.82) is 0 Å². The van der Waals surface area contributed by atoms with E-state index in [-0.39, 0.29) is 22.2 Å². The lowest BCUT2D eigenvalue weighted by atomic mass is 10.0. The summed E-state index contributed by atoms with van der Waals surface area (Å²) < 4.78 is 32.3. The molecular weight excluding hydrogens is 308 g/mol. The molecule has 0 saturated carbocycles. The monoisotopic (exact) mass is 320 g/mol. The van der Waals surface area contributed by atoms with E-state index in [1.165, 1.54) is 6.07 Å². The number of nitro groups is 1. The molecule has 20 heavy (non-hydrogen) atoms. The minimum Gasteiger partial charge on any atom is -0.379 e. The smallest absolute Gasteiger partial charge is 0.270 e. The average molecular weight is 321 g/mol. The van der Waals surface area contributed by atoms with E-state index in [1.54, 1.807) is 6.92 Å². The number of rotatable bonds is 4. The fourth-order valence-electron chi connectivity index (χ4n) is 1.94. The summed E-state index contributed by atoms with van der Waals surface area (Å²) in [5, 5.41) is 10.7. The van der Waals surface area contributed by atoms with Crippen molar-refractivity contribution >= 4 is 27.3 Å². The first-order valence-electron chi connectivity index (χ1n) is 5.79. The number of ether oxygens (including phenoxy) is 1. The van der Waals surface area contributed by atoms with Gasteiger partial charge in [-0.2, -0.15) is 0 Å². The molecule has 9 heteroatoms. The number of hydrogen-bond donors (Lipinski definition) is 1. The lowest BCUT2D eigenvalue weighted by Gasteiger charge is -2.23. The summed E-state index contributed by atoms with van der Waals surface area (Å²) in [5.74, 6) is 0. The van der Waals surface area contributed by atoms with Gasteiger partial charge in [-0.05, 0) is 19.4 Å². The van der Waals surface area contributed by atoms with Crippen molar-refractivity contribution in [3.63, 3.8) is 0 Å². The summed E-state index contributed by atoms with van der Waals surface area (Å²) in [6.45, 7) is 2.42. The maximum atomic E-state index is 12.3. The van der Waals surface area contributed by atoms with E-state index in [9.17, 15) is 18.5 Å². The van der Waals surface area contributed by atoms with Crippen LogP contribution in [0.5, 0.6) is 0 Å². The molecule has 1 heterocycles. The Kier molecular flexibility index (Phi) is 4.01. The van der Waals surface area contributed by atoms with Crippen molar-refractivity contribution in [3.8, 4) is 0 Å². The zero-order chi connectivity index (χ0) is 15.0. The maximum absolute atomic E-state index is 12.3. The number of sulfonamides is 1. The minimum absolute atomic E-state index is 0.0642. The van der Waals surface area contributed by atoms with Gasteiger partial charge in [-0.15, -0.1) is 0 Å². The van der Waals surface area contributed by atoms with Crippen LogP contribution in [0, 0.1) is 10.1 Å². The molecule has 0 spiro atoms.